The summed E-state index contributed by atoms with van der Waals surface area (Å²) in [4.78, 5) is 0. The lowest BCUT2D eigenvalue weighted by Gasteiger charge is -2.23. The van der Waals surface area contributed by atoms with E-state index in [0.717, 1.165) is 28.9 Å². The lowest BCUT2D eigenvalue weighted by molar-refractivity contribution is -0.0408. The van der Waals surface area contributed by atoms with Crippen LogP contribution in [0.3, 0.4) is 0 Å². The van der Waals surface area contributed by atoms with Crippen molar-refractivity contribution in [1.82, 2.24) is 9.78 Å². The average molecular weight is 259 g/mol. The number of aromatic nitrogens is 2. The Hall–Kier alpha value is -0.350. The van der Waals surface area contributed by atoms with Gasteiger partial charge in [-0.3, -0.25) is 0 Å². The summed E-state index contributed by atoms with van der Waals surface area (Å²) in [6, 6.07) is 0. The highest BCUT2D eigenvalue weighted by Crippen LogP contribution is 2.28. The van der Waals surface area contributed by atoms with Crippen LogP contribution in [-0.4, -0.2) is 16.4 Å². The number of hydrogen-bond acceptors (Lipinski definition) is 2. The van der Waals surface area contributed by atoms with Crippen LogP contribution in [0.5, 0.6) is 0 Å². The molecule has 1 fully saturated rings. The van der Waals surface area contributed by atoms with Gasteiger partial charge in [0, 0.05) is 6.61 Å². The largest absolute Gasteiger partial charge is 0.357 e. The van der Waals surface area contributed by atoms with Gasteiger partial charge in [0.2, 0.25) is 0 Å². The minimum absolute atomic E-state index is 0.147. The number of rotatable bonds is 1. The summed E-state index contributed by atoms with van der Waals surface area (Å²) in [5.41, 5.74) is 2.20. The van der Waals surface area contributed by atoms with Crippen molar-refractivity contribution in [3.8, 4) is 0 Å². The van der Waals surface area contributed by atoms with E-state index in [4.69, 9.17) is 4.74 Å². The zero-order chi connectivity index (χ0) is 10.1. The van der Waals surface area contributed by atoms with Crippen molar-refractivity contribution in [2.24, 2.45) is 0 Å². The zero-order valence-corrected chi connectivity index (χ0v) is 10.2. The molecule has 0 saturated carbocycles. The number of hydrogen-bond donors (Lipinski definition) is 0. The van der Waals surface area contributed by atoms with Crippen molar-refractivity contribution in [3.05, 3.63) is 15.9 Å². The SMILES string of the molecule is Cc1nn([C@H]2CCCCO2)c(C)c1Br. The third kappa shape index (κ3) is 1.73. The molecule has 1 aromatic rings. The maximum Gasteiger partial charge on any atom is 0.150 e. The Morgan fingerprint density at radius 1 is 1.43 bits per heavy atom. The fourth-order valence-corrected chi connectivity index (χ4v) is 2.10. The van der Waals surface area contributed by atoms with E-state index in [9.17, 15) is 0 Å². The molecule has 0 aromatic carbocycles. The Morgan fingerprint density at radius 2 is 2.21 bits per heavy atom. The summed E-state index contributed by atoms with van der Waals surface area (Å²) in [7, 11) is 0. The number of nitrogens with zero attached hydrogens (tertiary/aromatic N) is 2. The molecule has 0 radical (unpaired) electrons. The predicted octanol–water partition coefficient (Wildman–Crippen LogP) is 2.96. The predicted molar refractivity (Wildman–Crippen MR) is 58.2 cm³/mol. The first kappa shape index (κ1) is 10.2. The van der Waals surface area contributed by atoms with Crippen LogP contribution < -0.4 is 0 Å². The molecule has 2 rings (SSSR count). The molecule has 0 spiro atoms. The van der Waals surface area contributed by atoms with Gasteiger partial charge in [0.1, 0.15) is 6.23 Å². The summed E-state index contributed by atoms with van der Waals surface area (Å²) in [6.45, 7) is 4.94. The molecule has 1 aromatic heterocycles. The minimum Gasteiger partial charge on any atom is -0.357 e. The molecule has 78 valence electrons. The van der Waals surface area contributed by atoms with Crippen LogP contribution in [-0.2, 0) is 4.74 Å². The molecule has 1 atom stereocenters. The average Bonchev–Trinajstić information content (AvgIpc) is 2.47. The molecule has 14 heavy (non-hydrogen) atoms. The van der Waals surface area contributed by atoms with Gasteiger partial charge in [-0.15, -0.1) is 0 Å². The topological polar surface area (TPSA) is 27.1 Å². The van der Waals surface area contributed by atoms with Crippen LogP contribution in [0.1, 0.15) is 36.9 Å². The van der Waals surface area contributed by atoms with Crippen LogP contribution >= 0.6 is 15.9 Å². The highest BCUT2D eigenvalue weighted by atomic mass is 79.9. The van der Waals surface area contributed by atoms with E-state index in [0.29, 0.717) is 0 Å². The Balaban J connectivity index is 2.26. The zero-order valence-electron chi connectivity index (χ0n) is 8.59. The van der Waals surface area contributed by atoms with Gasteiger partial charge in [0.25, 0.3) is 0 Å². The lowest BCUT2D eigenvalue weighted by atomic mass is 10.2. The fraction of sp³-hybridized carbons (Fsp3) is 0.700. The minimum atomic E-state index is 0.147. The maximum atomic E-state index is 5.69. The fourth-order valence-electron chi connectivity index (χ4n) is 1.84. The van der Waals surface area contributed by atoms with E-state index in [1.165, 1.54) is 12.8 Å². The summed E-state index contributed by atoms with van der Waals surface area (Å²) >= 11 is 3.53. The second-order valence-corrected chi connectivity index (χ2v) is 4.54. The first-order valence-corrected chi connectivity index (χ1v) is 5.82. The molecule has 1 aliphatic heterocycles. The molecule has 0 N–H and O–H groups in total. The normalized spacial score (nSPS) is 22.6. The van der Waals surface area contributed by atoms with E-state index < -0.39 is 0 Å². The summed E-state index contributed by atoms with van der Waals surface area (Å²) < 4.78 is 8.79. The smallest absolute Gasteiger partial charge is 0.150 e. The number of aryl methyl sites for hydroxylation is 1. The van der Waals surface area contributed by atoms with Crippen LogP contribution in [0.4, 0.5) is 0 Å². The van der Waals surface area contributed by atoms with E-state index in [1.54, 1.807) is 0 Å². The van der Waals surface area contributed by atoms with Gasteiger partial charge in [-0.05, 0) is 49.0 Å². The molecular weight excluding hydrogens is 244 g/mol. The third-order valence-corrected chi connectivity index (χ3v) is 3.81. The van der Waals surface area contributed by atoms with E-state index >= 15 is 0 Å². The molecule has 1 saturated heterocycles. The van der Waals surface area contributed by atoms with Gasteiger partial charge in [-0.1, -0.05) is 0 Å². The molecule has 0 unspecified atom stereocenters. The van der Waals surface area contributed by atoms with Crippen LogP contribution in [0.15, 0.2) is 4.47 Å². The molecule has 4 heteroatoms. The molecule has 3 nitrogen and oxygen atoms in total. The highest BCUT2D eigenvalue weighted by molar-refractivity contribution is 9.10. The molecule has 1 aliphatic rings. The van der Waals surface area contributed by atoms with Crippen LogP contribution in [0.2, 0.25) is 0 Å². The van der Waals surface area contributed by atoms with E-state index in [1.807, 2.05) is 11.6 Å². The summed E-state index contributed by atoms with van der Waals surface area (Å²) in [5, 5.41) is 4.48. The summed E-state index contributed by atoms with van der Waals surface area (Å²) in [6.07, 6.45) is 3.64. The Kier molecular flexibility index (Phi) is 2.93. The van der Waals surface area contributed by atoms with Crippen LogP contribution in [0, 0.1) is 13.8 Å². The Morgan fingerprint density at radius 3 is 2.71 bits per heavy atom. The van der Waals surface area contributed by atoms with Crippen molar-refractivity contribution in [3.63, 3.8) is 0 Å². The second kappa shape index (κ2) is 4.03. The van der Waals surface area contributed by atoms with Gasteiger partial charge < -0.3 is 4.74 Å². The Labute approximate surface area is 92.6 Å². The first-order valence-electron chi connectivity index (χ1n) is 5.03. The highest BCUT2D eigenvalue weighted by Gasteiger charge is 2.20. The number of ether oxygens (including phenoxy) is 1. The van der Waals surface area contributed by atoms with Crippen molar-refractivity contribution < 1.29 is 4.74 Å². The van der Waals surface area contributed by atoms with Crippen LogP contribution in [0.25, 0.3) is 0 Å². The number of halogens is 1. The van der Waals surface area contributed by atoms with Crippen molar-refractivity contribution in [2.75, 3.05) is 6.61 Å². The van der Waals surface area contributed by atoms with Crippen molar-refractivity contribution in [2.45, 2.75) is 39.3 Å². The van der Waals surface area contributed by atoms with Gasteiger partial charge in [-0.25, -0.2) is 4.68 Å². The van der Waals surface area contributed by atoms with Gasteiger partial charge >= 0.3 is 0 Å². The molecule has 0 aliphatic carbocycles. The monoisotopic (exact) mass is 258 g/mol. The van der Waals surface area contributed by atoms with Crippen molar-refractivity contribution >= 4 is 15.9 Å². The lowest BCUT2D eigenvalue weighted by Crippen LogP contribution is -2.20. The van der Waals surface area contributed by atoms with Crippen molar-refractivity contribution in [1.29, 1.82) is 0 Å². The maximum absolute atomic E-state index is 5.69. The molecule has 2 heterocycles. The third-order valence-electron chi connectivity index (χ3n) is 2.67. The first-order chi connectivity index (χ1) is 6.70. The van der Waals surface area contributed by atoms with E-state index in [2.05, 4.69) is 28.0 Å². The quantitative estimate of drug-likeness (QED) is 0.775. The molecule has 0 amide bonds. The molecular formula is C10H15BrN2O. The standard InChI is InChI=1S/C10H15BrN2O/c1-7-10(11)8(2)13(12-7)9-5-3-4-6-14-9/h9H,3-6H2,1-2H3/t9-/m1/s1. The second-order valence-electron chi connectivity index (χ2n) is 3.75. The van der Waals surface area contributed by atoms with Gasteiger partial charge in [0.15, 0.2) is 0 Å². The Bertz CT molecular complexity index is 329. The van der Waals surface area contributed by atoms with E-state index in [-0.39, 0.29) is 6.23 Å². The molecule has 0 bridgehead atoms. The summed E-state index contributed by atoms with van der Waals surface area (Å²) in [5.74, 6) is 0. The van der Waals surface area contributed by atoms with Gasteiger partial charge in [-0.2, -0.15) is 5.10 Å². The van der Waals surface area contributed by atoms with Gasteiger partial charge in [0.05, 0.1) is 15.9 Å².